The van der Waals surface area contributed by atoms with Gasteiger partial charge in [-0.1, -0.05) is 18.2 Å². The largest absolute Gasteiger partial charge is 0.494 e. The summed E-state index contributed by atoms with van der Waals surface area (Å²) in [6, 6.07) is 14.6. The van der Waals surface area contributed by atoms with Crippen LogP contribution in [-0.2, 0) is 7.05 Å². The second kappa shape index (κ2) is 9.40. The Morgan fingerprint density at radius 2 is 2.06 bits per heavy atom. The third kappa shape index (κ3) is 4.16. The van der Waals surface area contributed by atoms with E-state index in [1.165, 1.54) is 0 Å². The van der Waals surface area contributed by atoms with Crippen molar-refractivity contribution < 1.29 is 4.74 Å². The maximum Gasteiger partial charge on any atom is 0.227 e. The SMILES string of the molecule is COc1cc(N2CC[C@@H](N(C)C)C2)c(N)cc1Nc1ncc(C#N)c(-c2cn(C)c3ccccc23)n1. The molecule has 1 atom stereocenters. The van der Waals surface area contributed by atoms with E-state index in [4.69, 9.17) is 15.5 Å². The number of nitrogens with zero attached hydrogens (tertiary/aromatic N) is 6. The number of ether oxygens (including phenoxy) is 1. The molecule has 3 N–H and O–H groups in total. The van der Waals surface area contributed by atoms with Crippen molar-refractivity contribution >= 4 is 33.9 Å². The molecule has 5 rings (SSSR count). The molecule has 1 fully saturated rings. The third-order valence-electron chi connectivity index (χ3n) is 6.89. The summed E-state index contributed by atoms with van der Waals surface area (Å²) in [6.07, 6.45) is 4.62. The standard InChI is InChI=1S/C27H30N8O/c1-33(2)18-9-10-35(15-18)24-12-25(36-4)22(11-21(24)29)31-27-30-14-17(13-28)26(32-27)20-16-34(3)23-8-6-5-7-19(20)23/h5-8,11-12,14,16,18H,9-10,15,29H2,1-4H3,(H,30,31,32)/t18-/m1/s1. The van der Waals surface area contributed by atoms with Gasteiger partial charge in [-0.2, -0.15) is 5.26 Å². The highest BCUT2D eigenvalue weighted by Gasteiger charge is 2.26. The zero-order valence-electron chi connectivity index (χ0n) is 21.0. The highest BCUT2D eigenvalue weighted by molar-refractivity contribution is 5.96. The Labute approximate surface area is 210 Å². The predicted molar refractivity (Wildman–Crippen MR) is 144 cm³/mol. The third-order valence-corrected chi connectivity index (χ3v) is 6.89. The summed E-state index contributed by atoms with van der Waals surface area (Å²) in [5.74, 6) is 1.00. The van der Waals surface area contributed by atoms with Gasteiger partial charge < -0.3 is 30.2 Å². The number of methoxy groups -OCH3 is 1. The first kappa shape index (κ1) is 23.5. The zero-order valence-corrected chi connectivity index (χ0v) is 21.0. The number of nitriles is 1. The number of aromatic nitrogens is 3. The van der Waals surface area contributed by atoms with Gasteiger partial charge in [0.25, 0.3) is 0 Å². The van der Waals surface area contributed by atoms with Crippen LogP contribution in [0.3, 0.4) is 0 Å². The minimum atomic E-state index is 0.358. The number of anilines is 4. The molecule has 0 unspecified atom stereocenters. The van der Waals surface area contributed by atoms with E-state index in [9.17, 15) is 5.26 Å². The molecule has 0 amide bonds. The number of nitrogens with two attached hydrogens (primary N) is 1. The van der Waals surface area contributed by atoms with E-state index in [-0.39, 0.29) is 0 Å². The van der Waals surface area contributed by atoms with Gasteiger partial charge in [0.1, 0.15) is 11.8 Å². The summed E-state index contributed by atoms with van der Waals surface area (Å²) in [5.41, 5.74) is 11.7. The van der Waals surface area contributed by atoms with Crippen molar-refractivity contribution in [2.24, 2.45) is 7.05 Å². The molecule has 0 aliphatic carbocycles. The Balaban J connectivity index is 1.50. The molecule has 184 valence electrons. The van der Waals surface area contributed by atoms with Crippen molar-refractivity contribution in [2.45, 2.75) is 12.5 Å². The fraction of sp³-hybridized carbons (Fsp3) is 0.296. The number of nitrogens with one attached hydrogen (secondary N) is 1. The van der Waals surface area contributed by atoms with Crippen LogP contribution in [0.15, 0.2) is 48.8 Å². The normalized spacial score (nSPS) is 15.4. The van der Waals surface area contributed by atoms with Gasteiger partial charge in [0.05, 0.1) is 41.6 Å². The van der Waals surface area contributed by atoms with Crippen LogP contribution >= 0.6 is 0 Å². The first-order chi connectivity index (χ1) is 17.4. The highest BCUT2D eigenvalue weighted by Crippen LogP contribution is 2.38. The Morgan fingerprint density at radius 3 is 2.78 bits per heavy atom. The van der Waals surface area contributed by atoms with Crippen molar-refractivity contribution in [3.63, 3.8) is 0 Å². The van der Waals surface area contributed by atoms with Gasteiger partial charge in [-0.15, -0.1) is 0 Å². The fourth-order valence-corrected chi connectivity index (χ4v) is 4.89. The molecule has 1 aliphatic heterocycles. The monoisotopic (exact) mass is 482 g/mol. The summed E-state index contributed by atoms with van der Waals surface area (Å²) < 4.78 is 7.73. The van der Waals surface area contributed by atoms with E-state index >= 15 is 0 Å². The maximum absolute atomic E-state index is 9.74. The van der Waals surface area contributed by atoms with Gasteiger partial charge >= 0.3 is 0 Å². The van der Waals surface area contributed by atoms with Crippen LogP contribution in [-0.4, -0.2) is 59.8 Å². The van der Waals surface area contributed by atoms with Crippen molar-refractivity contribution in [3.05, 3.63) is 54.4 Å². The van der Waals surface area contributed by atoms with Crippen LogP contribution in [0, 0.1) is 11.3 Å². The van der Waals surface area contributed by atoms with E-state index in [2.05, 4.69) is 40.3 Å². The summed E-state index contributed by atoms with van der Waals surface area (Å²) in [7, 11) is 7.83. The second-order valence-corrected chi connectivity index (χ2v) is 9.33. The van der Waals surface area contributed by atoms with Gasteiger partial charge in [0, 0.05) is 54.9 Å². The predicted octanol–water partition coefficient (Wildman–Crippen LogP) is 3.98. The molecule has 3 heterocycles. The van der Waals surface area contributed by atoms with Crippen molar-refractivity contribution in [3.8, 4) is 23.1 Å². The van der Waals surface area contributed by atoms with Crippen LogP contribution < -0.4 is 20.7 Å². The van der Waals surface area contributed by atoms with Gasteiger partial charge in [-0.05, 0) is 32.6 Å². The number of aryl methyl sites for hydroxylation is 1. The number of para-hydroxylation sites is 1. The minimum absolute atomic E-state index is 0.358. The van der Waals surface area contributed by atoms with Crippen LogP contribution in [0.2, 0.25) is 0 Å². The molecule has 0 spiro atoms. The van der Waals surface area contributed by atoms with E-state index < -0.39 is 0 Å². The molecule has 0 bridgehead atoms. The molecule has 2 aromatic heterocycles. The molecule has 1 aliphatic rings. The van der Waals surface area contributed by atoms with Crippen LogP contribution in [0.4, 0.5) is 23.0 Å². The number of benzene rings is 2. The maximum atomic E-state index is 9.74. The van der Waals surface area contributed by atoms with Gasteiger partial charge in [-0.25, -0.2) is 9.97 Å². The van der Waals surface area contributed by atoms with Gasteiger partial charge in [-0.3, -0.25) is 0 Å². The lowest BCUT2D eigenvalue weighted by atomic mass is 10.1. The number of hydrogen-bond acceptors (Lipinski definition) is 8. The summed E-state index contributed by atoms with van der Waals surface area (Å²) in [6.45, 7) is 1.86. The van der Waals surface area contributed by atoms with Crippen LogP contribution in [0.5, 0.6) is 5.75 Å². The molecule has 0 radical (unpaired) electrons. The Morgan fingerprint density at radius 1 is 1.25 bits per heavy atom. The molecular weight excluding hydrogens is 452 g/mol. The molecular formula is C27H30N8O. The quantitative estimate of drug-likeness (QED) is 0.397. The minimum Gasteiger partial charge on any atom is -0.494 e. The van der Waals surface area contributed by atoms with Gasteiger partial charge in [0.15, 0.2) is 0 Å². The van der Waals surface area contributed by atoms with Crippen LogP contribution in [0.25, 0.3) is 22.2 Å². The lowest BCUT2D eigenvalue weighted by Gasteiger charge is -2.24. The number of likely N-dealkylation sites (N-methyl/N-ethyl adjacent to an activating group) is 1. The van der Waals surface area contributed by atoms with E-state index in [0.29, 0.717) is 40.4 Å². The summed E-state index contributed by atoms with van der Waals surface area (Å²) in [4.78, 5) is 13.7. The molecule has 9 nitrogen and oxygen atoms in total. The van der Waals surface area contributed by atoms with E-state index in [1.807, 2.05) is 54.2 Å². The number of nitrogen functional groups attached to an aromatic ring is 1. The lowest BCUT2D eigenvalue weighted by molar-refractivity contribution is 0.315. The first-order valence-corrected chi connectivity index (χ1v) is 11.9. The molecule has 4 aromatic rings. The van der Waals surface area contributed by atoms with Gasteiger partial charge in [0.2, 0.25) is 5.95 Å². The summed E-state index contributed by atoms with van der Waals surface area (Å²) >= 11 is 0. The van der Waals surface area contributed by atoms with Crippen molar-refractivity contribution in [1.29, 1.82) is 5.26 Å². The topological polar surface area (TPSA) is 108 Å². The van der Waals surface area contributed by atoms with E-state index in [1.54, 1.807) is 13.3 Å². The van der Waals surface area contributed by atoms with Crippen LogP contribution in [0.1, 0.15) is 12.0 Å². The average Bonchev–Trinajstić information content (AvgIpc) is 3.50. The Kier molecular flexibility index (Phi) is 6.12. The first-order valence-electron chi connectivity index (χ1n) is 11.9. The van der Waals surface area contributed by atoms with Crippen molar-refractivity contribution in [1.82, 2.24) is 19.4 Å². The Hall–Kier alpha value is -4.29. The zero-order chi connectivity index (χ0) is 25.4. The average molecular weight is 483 g/mol. The summed E-state index contributed by atoms with van der Waals surface area (Å²) in [5, 5.41) is 14.0. The fourth-order valence-electron chi connectivity index (χ4n) is 4.89. The number of hydrogen-bond donors (Lipinski definition) is 2. The smallest absolute Gasteiger partial charge is 0.227 e. The molecule has 1 saturated heterocycles. The number of rotatable bonds is 6. The highest BCUT2D eigenvalue weighted by atomic mass is 16.5. The molecule has 36 heavy (non-hydrogen) atoms. The molecule has 2 aromatic carbocycles. The lowest BCUT2D eigenvalue weighted by Crippen LogP contribution is -2.31. The Bertz CT molecular complexity index is 1470. The molecule has 0 saturated carbocycles. The molecule has 9 heteroatoms. The second-order valence-electron chi connectivity index (χ2n) is 9.33. The van der Waals surface area contributed by atoms with E-state index in [0.717, 1.165) is 41.7 Å². The van der Waals surface area contributed by atoms with Crippen molar-refractivity contribution in [2.75, 3.05) is 50.2 Å². The number of fused-ring (bicyclic) bond motifs is 1.